The predicted molar refractivity (Wildman–Crippen MR) is 88.8 cm³/mol. The molecule has 0 bridgehead atoms. The van der Waals surface area contributed by atoms with Crippen molar-refractivity contribution in [1.82, 2.24) is 15.1 Å². The normalized spacial score (nSPS) is 14.3. The molecule has 1 saturated heterocycles. The second-order valence-electron chi connectivity index (χ2n) is 5.91. The standard InChI is InChI=1S/C17H21F2N3O4/c1-21-11-15(24)22(17(21)25)10-2-3-14(23)20-9-8-12-4-6-13(7-5-12)26-16(18)19/h4-7,16H,2-3,8-11H2,1H3,(H,20,23). The van der Waals surface area contributed by atoms with E-state index < -0.39 is 6.61 Å². The number of nitrogens with one attached hydrogen (secondary N) is 1. The van der Waals surface area contributed by atoms with Gasteiger partial charge in [0, 0.05) is 26.6 Å². The van der Waals surface area contributed by atoms with Crippen LogP contribution in [0.4, 0.5) is 13.6 Å². The third-order valence-corrected chi connectivity index (χ3v) is 3.90. The second kappa shape index (κ2) is 9.12. The molecular formula is C17H21F2N3O4. The van der Waals surface area contributed by atoms with Crippen LogP contribution in [-0.2, 0) is 16.0 Å². The Balaban J connectivity index is 1.63. The molecule has 0 aromatic heterocycles. The average Bonchev–Trinajstić information content (AvgIpc) is 2.82. The van der Waals surface area contributed by atoms with Crippen molar-refractivity contribution in [2.45, 2.75) is 25.9 Å². The van der Waals surface area contributed by atoms with Crippen molar-refractivity contribution >= 4 is 17.8 Å². The summed E-state index contributed by atoms with van der Waals surface area (Å²) in [5.41, 5.74) is 0.878. The number of alkyl halides is 2. The zero-order valence-corrected chi connectivity index (χ0v) is 14.4. The summed E-state index contributed by atoms with van der Waals surface area (Å²) in [6.07, 6.45) is 1.16. The van der Waals surface area contributed by atoms with Crippen molar-refractivity contribution in [2.75, 3.05) is 26.7 Å². The van der Waals surface area contributed by atoms with Crippen molar-refractivity contribution in [3.63, 3.8) is 0 Å². The number of carbonyl (C=O) groups is 3. The molecule has 0 radical (unpaired) electrons. The Morgan fingerprint density at radius 2 is 1.96 bits per heavy atom. The fourth-order valence-electron chi connectivity index (χ4n) is 2.56. The molecule has 1 aromatic carbocycles. The number of rotatable bonds is 9. The van der Waals surface area contributed by atoms with E-state index in [0.717, 1.165) is 10.5 Å². The predicted octanol–water partition coefficient (Wildman–Crippen LogP) is 1.62. The maximum Gasteiger partial charge on any atom is 0.387 e. The number of imide groups is 1. The molecule has 26 heavy (non-hydrogen) atoms. The highest BCUT2D eigenvalue weighted by molar-refractivity contribution is 6.01. The van der Waals surface area contributed by atoms with E-state index in [1.165, 1.54) is 17.0 Å². The van der Waals surface area contributed by atoms with E-state index in [-0.39, 0.29) is 43.1 Å². The van der Waals surface area contributed by atoms with E-state index in [1.54, 1.807) is 19.2 Å². The minimum atomic E-state index is -2.85. The summed E-state index contributed by atoms with van der Waals surface area (Å²) in [6, 6.07) is 5.87. The van der Waals surface area contributed by atoms with Crippen LogP contribution in [0.2, 0.25) is 0 Å². The van der Waals surface area contributed by atoms with Gasteiger partial charge in [-0.2, -0.15) is 8.78 Å². The van der Waals surface area contributed by atoms with Gasteiger partial charge in [0.2, 0.25) is 11.8 Å². The maximum atomic E-state index is 12.1. The van der Waals surface area contributed by atoms with E-state index in [0.29, 0.717) is 19.4 Å². The molecule has 1 fully saturated rings. The highest BCUT2D eigenvalue weighted by atomic mass is 19.3. The first-order chi connectivity index (χ1) is 12.4. The van der Waals surface area contributed by atoms with Gasteiger partial charge in [-0.15, -0.1) is 0 Å². The number of likely N-dealkylation sites (N-methyl/N-ethyl adjacent to an activating group) is 1. The number of nitrogens with zero attached hydrogens (tertiary/aromatic N) is 2. The van der Waals surface area contributed by atoms with Crippen LogP contribution in [0.15, 0.2) is 24.3 Å². The smallest absolute Gasteiger partial charge is 0.387 e. The first-order valence-corrected chi connectivity index (χ1v) is 8.22. The molecular weight excluding hydrogens is 348 g/mol. The van der Waals surface area contributed by atoms with Gasteiger partial charge >= 0.3 is 12.6 Å². The van der Waals surface area contributed by atoms with Crippen molar-refractivity contribution in [2.24, 2.45) is 0 Å². The third kappa shape index (κ3) is 5.68. The van der Waals surface area contributed by atoms with Gasteiger partial charge < -0.3 is 15.0 Å². The van der Waals surface area contributed by atoms with Gasteiger partial charge in [-0.25, -0.2) is 4.79 Å². The zero-order chi connectivity index (χ0) is 19.1. The fourth-order valence-corrected chi connectivity index (χ4v) is 2.56. The summed E-state index contributed by atoms with van der Waals surface area (Å²) in [5, 5.41) is 2.75. The van der Waals surface area contributed by atoms with Crippen molar-refractivity contribution in [3.8, 4) is 5.75 Å². The SMILES string of the molecule is CN1CC(=O)N(CCCC(=O)NCCc2ccc(OC(F)F)cc2)C1=O. The summed E-state index contributed by atoms with van der Waals surface area (Å²) < 4.78 is 28.4. The average molecular weight is 369 g/mol. The molecule has 1 N–H and O–H groups in total. The highest BCUT2D eigenvalue weighted by Crippen LogP contribution is 2.15. The first-order valence-electron chi connectivity index (χ1n) is 8.22. The first kappa shape index (κ1) is 19.6. The van der Waals surface area contributed by atoms with Gasteiger partial charge in [0.15, 0.2) is 0 Å². The Morgan fingerprint density at radius 1 is 1.27 bits per heavy atom. The molecule has 1 heterocycles. The van der Waals surface area contributed by atoms with E-state index in [4.69, 9.17) is 0 Å². The van der Waals surface area contributed by atoms with E-state index in [2.05, 4.69) is 10.1 Å². The number of hydrogen-bond acceptors (Lipinski definition) is 4. The number of amides is 4. The fraction of sp³-hybridized carbons (Fsp3) is 0.471. The van der Waals surface area contributed by atoms with Crippen LogP contribution in [0.25, 0.3) is 0 Å². The van der Waals surface area contributed by atoms with Crippen molar-refractivity contribution < 1.29 is 27.9 Å². The third-order valence-electron chi connectivity index (χ3n) is 3.90. The monoisotopic (exact) mass is 369 g/mol. The van der Waals surface area contributed by atoms with Gasteiger partial charge in [-0.1, -0.05) is 12.1 Å². The lowest BCUT2D eigenvalue weighted by Gasteiger charge is -2.13. The molecule has 7 nitrogen and oxygen atoms in total. The lowest BCUT2D eigenvalue weighted by molar-refractivity contribution is -0.126. The van der Waals surface area contributed by atoms with Gasteiger partial charge in [0.05, 0.1) is 0 Å². The van der Waals surface area contributed by atoms with Crippen LogP contribution >= 0.6 is 0 Å². The molecule has 142 valence electrons. The minimum absolute atomic E-state index is 0.0756. The van der Waals surface area contributed by atoms with E-state index in [1.807, 2.05) is 0 Å². The molecule has 1 aliphatic heterocycles. The lowest BCUT2D eigenvalue weighted by atomic mass is 10.1. The van der Waals surface area contributed by atoms with Crippen LogP contribution in [0.1, 0.15) is 18.4 Å². The number of urea groups is 1. The maximum absolute atomic E-state index is 12.1. The quantitative estimate of drug-likeness (QED) is 0.671. The highest BCUT2D eigenvalue weighted by Gasteiger charge is 2.32. The Bertz CT molecular complexity index is 652. The van der Waals surface area contributed by atoms with Crippen LogP contribution in [0.3, 0.4) is 0 Å². The zero-order valence-electron chi connectivity index (χ0n) is 14.4. The van der Waals surface area contributed by atoms with Gasteiger partial charge in [-0.3, -0.25) is 14.5 Å². The van der Waals surface area contributed by atoms with Crippen LogP contribution < -0.4 is 10.1 Å². The molecule has 1 aromatic rings. The number of benzene rings is 1. The van der Waals surface area contributed by atoms with Crippen molar-refractivity contribution in [1.29, 1.82) is 0 Å². The molecule has 4 amide bonds. The summed E-state index contributed by atoms with van der Waals surface area (Å²) in [6.45, 7) is -2.16. The van der Waals surface area contributed by atoms with Gasteiger partial charge in [0.25, 0.3) is 0 Å². The molecule has 9 heteroatoms. The minimum Gasteiger partial charge on any atom is -0.435 e. The van der Waals surface area contributed by atoms with E-state index >= 15 is 0 Å². The van der Waals surface area contributed by atoms with Crippen LogP contribution in [-0.4, -0.2) is 60.9 Å². The summed E-state index contributed by atoms with van der Waals surface area (Å²) in [5.74, 6) is -0.336. The molecule has 2 rings (SSSR count). The molecule has 0 unspecified atom stereocenters. The molecule has 0 saturated carbocycles. The second-order valence-corrected chi connectivity index (χ2v) is 5.91. The molecule has 0 atom stereocenters. The van der Waals surface area contributed by atoms with Crippen LogP contribution in [0.5, 0.6) is 5.75 Å². The molecule has 1 aliphatic rings. The summed E-state index contributed by atoms with van der Waals surface area (Å²) >= 11 is 0. The Labute approximate surface area is 149 Å². The summed E-state index contributed by atoms with van der Waals surface area (Å²) in [4.78, 5) is 37.6. The Kier molecular flexibility index (Phi) is 6.88. The van der Waals surface area contributed by atoms with Crippen LogP contribution in [0, 0.1) is 0 Å². The van der Waals surface area contributed by atoms with Gasteiger partial charge in [0.1, 0.15) is 12.3 Å². The van der Waals surface area contributed by atoms with E-state index in [9.17, 15) is 23.2 Å². The lowest BCUT2D eigenvalue weighted by Crippen LogP contribution is -2.33. The summed E-state index contributed by atoms with van der Waals surface area (Å²) in [7, 11) is 1.55. The molecule has 0 spiro atoms. The number of ether oxygens (including phenoxy) is 1. The number of halogens is 2. The Hall–Kier alpha value is -2.71. The Morgan fingerprint density at radius 3 is 2.54 bits per heavy atom. The number of hydrogen-bond donors (Lipinski definition) is 1. The molecule has 0 aliphatic carbocycles. The van der Waals surface area contributed by atoms with Gasteiger partial charge in [-0.05, 0) is 30.5 Å². The van der Waals surface area contributed by atoms with Crippen molar-refractivity contribution in [3.05, 3.63) is 29.8 Å². The topological polar surface area (TPSA) is 79.0 Å². The number of carbonyl (C=O) groups excluding carboxylic acids is 3. The largest absolute Gasteiger partial charge is 0.435 e.